The van der Waals surface area contributed by atoms with Gasteiger partial charge in [0.25, 0.3) is 5.91 Å². The number of nitrogens with one attached hydrogen (secondary N) is 3. The van der Waals surface area contributed by atoms with E-state index in [1.807, 2.05) is 26.2 Å². The molecule has 0 bridgehead atoms. The zero-order valence-electron chi connectivity index (χ0n) is 20.3. The van der Waals surface area contributed by atoms with Gasteiger partial charge in [-0.3, -0.25) is 24.2 Å². The molecule has 10 nitrogen and oxygen atoms in total. The van der Waals surface area contributed by atoms with Crippen molar-refractivity contribution in [3.8, 4) is 11.3 Å². The Bertz CT molecular complexity index is 1480. The summed E-state index contributed by atoms with van der Waals surface area (Å²) in [6, 6.07) is 5.49. The van der Waals surface area contributed by atoms with Gasteiger partial charge in [0.05, 0.1) is 47.3 Å². The van der Waals surface area contributed by atoms with E-state index in [0.717, 1.165) is 29.7 Å². The van der Waals surface area contributed by atoms with Gasteiger partial charge in [-0.25, -0.2) is 4.98 Å². The summed E-state index contributed by atoms with van der Waals surface area (Å²) in [5.41, 5.74) is 5.19. The number of pyridine rings is 2. The summed E-state index contributed by atoms with van der Waals surface area (Å²) >= 11 is 0. The first-order valence-corrected chi connectivity index (χ1v) is 12.1. The maximum Gasteiger partial charge on any atom is 0.257 e. The highest BCUT2D eigenvalue weighted by atomic mass is 16.2. The molecule has 0 aromatic carbocycles. The number of hydrogen-bond donors (Lipinski definition) is 3. The van der Waals surface area contributed by atoms with Gasteiger partial charge in [-0.05, 0) is 56.3 Å². The second-order valence-electron chi connectivity index (χ2n) is 10.1. The van der Waals surface area contributed by atoms with Crippen LogP contribution in [0.5, 0.6) is 0 Å². The molecule has 10 heteroatoms. The van der Waals surface area contributed by atoms with Crippen molar-refractivity contribution in [3.05, 3.63) is 54.2 Å². The van der Waals surface area contributed by atoms with Gasteiger partial charge in [-0.1, -0.05) is 0 Å². The van der Waals surface area contributed by atoms with Gasteiger partial charge in [0.2, 0.25) is 5.91 Å². The molecule has 0 atom stereocenters. The molecule has 4 aromatic rings. The zero-order chi connectivity index (χ0) is 24.9. The molecule has 4 aromatic heterocycles. The Hall–Kier alpha value is -4.05. The van der Waals surface area contributed by atoms with E-state index in [1.54, 1.807) is 29.2 Å². The lowest BCUT2D eigenvalue weighted by Gasteiger charge is -2.16. The Kier molecular flexibility index (Phi) is 5.33. The summed E-state index contributed by atoms with van der Waals surface area (Å²) in [5, 5.41) is 10.9. The Morgan fingerprint density at radius 3 is 2.69 bits per heavy atom. The summed E-state index contributed by atoms with van der Waals surface area (Å²) in [5.74, 6) is -0.365. The minimum absolute atomic E-state index is 0.0674. The van der Waals surface area contributed by atoms with Crippen LogP contribution < -0.4 is 10.6 Å². The third-order valence-corrected chi connectivity index (χ3v) is 7.21. The first kappa shape index (κ1) is 22.4. The average Bonchev–Trinajstić information content (AvgIpc) is 3.15. The van der Waals surface area contributed by atoms with Gasteiger partial charge in [0.1, 0.15) is 5.65 Å². The van der Waals surface area contributed by atoms with E-state index >= 15 is 0 Å². The van der Waals surface area contributed by atoms with Crippen LogP contribution in [0.25, 0.3) is 22.3 Å². The minimum Gasteiger partial charge on any atom is -0.339 e. The van der Waals surface area contributed by atoms with Gasteiger partial charge in [0.15, 0.2) is 0 Å². The molecule has 0 unspecified atom stereocenters. The Balaban J connectivity index is 1.14. The maximum absolute atomic E-state index is 13.0. The van der Waals surface area contributed by atoms with Crippen molar-refractivity contribution in [1.29, 1.82) is 0 Å². The molecule has 1 saturated carbocycles. The van der Waals surface area contributed by atoms with Crippen LogP contribution >= 0.6 is 0 Å². The predicted molar refractivity (Wildman–Crippen MR) is 137 cm³/mol. The van der Waals surface area contributed by atoms with Crippen LogP contribution in [0, 0.1) is 12.3 Å². The third kappa shape index (κ3) is 4.47. The third-order valence-electron chi connectivity index (χ3n) is 7.21. The first-order chi connectivity index (χ1) is 17.4. The summed E-state index contributed by atoms with van der Waals surface area (Å²) in [7, 11) is 1.86. The molecule has 0 radical (unpaired) electrons. The largest absolute Gasteiger partial charge is 0.339 e. The van der Waals surface area contributed by atoms with E-state index in [1.165, 1.54) is 25.5 Å². The fourth-order valence-corrected chi connectivity index (χ4v) is 4.93. The molecule has 5 heterocycles. The fraction of sp³-hybridized carbons (Fsp3) is 0.346. The van der Waals surface area contributed by atoms with Crippen LogP contribution in [0.15, 0.2) is 43.0 Å². The predicted octanol–water partition coefficient (Wildman–Crippen LogP) is 3.34. The van der Waals surface area contributed by atoms with Gasteiger partial charge >= 0.3 is 0 Å². The minimum atomic E-state index is -0.297. The Labute approximate surface area is 208 Å². The van der Waals surface area contributed by atoms with Crippen LogP contribution in [-0.2, 0) is 11.8 Å². The number of nitrogens with zero attached hydrogens (tertiary/aromatic N) is 5. The van der Waals surface area contributed by atoms with Crippen molar-refractivity contribution in [3.63, 3.8) is 0 Å². The molecule has 2 aliphatic rings. The van der Waals surface area contributed by atoms with E-state index in [4.69, 9.17) is 0 Å². The number of carbonyl (C=O) groups excluding carboxylic acids is 2. The number of amides is 2. The summed E-state index contributed by atoms with van der Waals surface area (Å²) < 4.78 is 1.73. The molecule has 1 saturated heterocycles. The van der Waals surface area contributed by atoms with Crippen molar-refractivity contribution >= 4 is 34.2 Å². The highest BCUT2D eigenvalue weighted by Gasteiger charge is 2.47. The molecule has 1 spiro atoms. The SMILES string of the molecule is Cc1ncc(NC(=O)CN2CCC3(CC3)C2)cc1NC(=O)c1cnc2[nH]c(-c3cnn(C)c3)cc2c1. The second kappa shape index (κ2) is 8.56. The first-order valence-electron chi connectivity index (χ1n) is 12.1. The lowest BCUT2D eigenvalue weighted by molar-refractivity contribution is -0.117. The standard InChI is InChI=1S/C26H28N8O2/c1-16-21(9-20(12-27-16)30-23(35)14-34-6-5-26(15-34)3-4-26)32-25(36)18-7-17-8-22(31-24(17)28-10-18)19-11-29-33(2)13-19/h7-13H,3-6,14-15H2,1-2H3,(H,28,31)(H,30,35)(H,32,36). The molecular weight excluding hydrogens is 456 g/mol. The Morgan fingerprint density at radius 1 is 1.08 bits per heavy atom. The maximum atomic E-state index is 13.0. The van der Waals surface area contributed by atoms with E-state index in [0.29, 0.717) is 40.2 Å². The van der Waals surface area contributed by atoms with Crippen molar-refractivity contribution < 1.29 is 9.59 Å². The summed E-state index contributed by atoms with van der Waals surface area (Å²) in [6.07, 6.45) is 10.6. The molecule has 184 valence electrons. The number of rotatable bonds is 6. The van der Waals surface area contributed by atoms with Crippen molar-refractivity contribution in [1.82, 2.24) is 29.6 Å². The molecule has 1 aliphatic heterocycles. The van der Waals surface area contributed by atoms with Crippen molar-refractivity contribution in [2.24, 2.45) is 12.5 Å². The smallest absolute Gasteiger partial charge is 0.257 e. The summed E-state index contributed by atoms with van der Waals surface area (Å²) in [6.45, 7) is 4.18. The molecule has 2 amide bonds. The lowest BCUT2D eigenvalue weighted by atomic mass is 10.1. The number of anilines is 2. The van der Waals surface area contributed by atoms with Crippen molar-refractivity contribution in [2.45, 2.75) is 26.2 Å². The van der Waals surface area contributed by atoms with E-state index in [-0.39, 0.29) is 11.8 Å². The molecule has 36 heavy (non-hydrogen) atoms. The monoisotopic (exact) mass is 484 g/mol. The normalized spacial score (nSPS) is 16.5. The zero-order valence-corrected chi connectivity index (χ0v) is 20.3. The highest BCUT2D eigenvalue weighted by Crippen LogP contribution is 2.52. The quantitative estimate of drug-likeness (QED) is 0.386. The number of fused-ring (bicyclic) bond motifs is 1. The molecule has 1 aliphatic carbocycles. The molecule has 3 N–H and O–H groups in total. The molecule has 2 fully saturated rings. The highest BCUT2D eigenvalue weighted by molar-refractivity contribution is 6.06. The topological polar surface area (TPSA) is 121 Å². The van der Waals surface area contributed by atoms with Crippen molar-refractivity contribution in [2.75, 3.05) is 30.3 Å². The van der Waals surface area contributed by atoms with Gasteiger partial charge in [0, 0.05) is 36.9 Å². The number of aryl methyl sites for hydroxylation is 2. The van der Waals surface area contributed by atoms with Gasteiger partial charge in [-0.2, -0.15) is 5.10 Å². The average molecular weight is 485 g/mol. The number of aromatic amines is 1. The van der Waals surface area contributed by atoms with Gasteiger partial charge < -0.3 is 15.6 Å². The van der Waals surface area contributed by atoms with Crippen LogP contribution in [0.2, 0.25) is 0 Å². The second-order valence-corrected chi connectivity index (χ2v) is 10.1. The van der Waals surface area contributed by atoms with Crippen LogP contribution in [0.1, 0.15) is 35.3 Å². The number of H-pyrrole nitrogens is 1. The van der Waals surface area contributed by atoms with Crippen LogP contribution in [0.4, 0.5) is 11.4 Å². The van der Waals surface area contributed by atoms with E-state index in [9.17, 15) is 9.59 Å². The molecule has 6 rings (SSSR count). The van der Waals surface area contributed by atoms with Gasteiger partial charge in [-0.15, -0.1) is 0 Å². The summed E-state index contributed by atoms with van der Waals surface area (Å²) in [4.78, 5) is 39.9. The number of hydrogen-bond acceptors (Lipinski definition) is 6. The number of aromatic nitrogens is 5. The van der Waals surface area contributed by atoms with E-state index < -0.39 is 0 Å². The molecular formula is C26H28N8O2. The van der Waals surface area contributed by atoms with Crippen LogP contribution in [-0.4, -0.2) is 61.1 Å². The number of likely N-dealkylation sites (tertiary alicyclic amines) is 1. The van der Waals surface area contributed by atoms with E-state index in [2.05, 4.69) is 35.6 Å². The fourth-order valence-electron chi connectivity index (χ4n) is 4.93. The Morgan fingerprint density at radius 2 is 1.94 bits per heavy atom. The number of carbonyl (C=O) groups is 2. The lowest BCUT2D eigenvalue weighted by Crippen LogP contribution is -2.31. The van der Waals surface area contributed by atoms with Crippen LogP contribution in [0.3, 0.4) is 0 Å².